The molecule has 1 heterocycles. The Bertz CT molecular complexity index is 596. The number of benzene rings is 1. The fourth-order valence-corrected chi connectivity index (χ4v) is 3.88. The molecule has 1 aliphatic carbocycles. The second-order valence-corrected chi connectivity index (χ2v) is 7.10. The summed E-state index contributed by atoms with van der Waals surface area (Å²) in [6.07, 6.45) is 6.18. The molecule has 0 unspecified atom stereocenters. The molecule has 2 amide bonds. The highest BCUT2D eigenvalue weighted by Crippen LogP contribution is 2.27. The summed E-state index contributed by atoms with van der Waals surface area (Å²) in [4.78, 5) is 26.1. The average molecular weight is 329 g/mol. The van der Waals surface area contributed by atoms with Crippen LogP contribution < -0.4 is 11.1 Å². The maximum absolute atomic E-state index is 12.4. The second kappa shape index (κ2) is 7.79. The van der Waals surface area contributed by atoms with Gasteiger partial charge in [-0.2, -0.15) is 0 Å². The first-order valence-electron chi connectivity index (χ1n) is 9.04. The molecule has 1 aliphatic heterocycles. The molecule has 5 nitrogen and oxygen atoms in total. The second-order valence-electron chi connectivity index (χ2n) is 7.10. The number of nitrogens with zero attached hydrogens (tertiary/aromatic N) is 1. The van der Waals surface area contributed by atoms with Crippen molar-refractivity contribution in [1.82, 2.24) is 4.90 Å². The van der Waals surface area contributed by atoms with Crippen LogP contribution in [0.1, 0.15) is 44.1 Å². The third kappa shape index (κ3) is 4.15. The lowest BCUT2D eigenvalue weighted by Gasteiger charge is -2.31. The molecule has 5 heteroatoms. The van der Waals surface area contributed by atoms with Crippen molar-refractivity contribution in [2.75, 3.05) is 18.4 Å². The fourth-order valence-electron chi connectivity index (χ4n) is 3.88. The van der Waals surface area contributed by atoms with Gasteiger partial charge in [0, 0.05) is 24.7 Å². The summed E-state index contributed by atoms with van der Waals surface area (Å²) in [5.74, 6) is 0.0439. The number of rotatable bonds is 5. The number of anilines is 1. The molecular weight excluding hydrogens is 302 g/mol. The number of nitrogens with one attached hydrogen (secondary N) is 1. The average Bonchev–Trinajstić information content (AvgIpc) is 3.11. The molecule has 1 atom stereocenters. The third-order valence-electron chi connectivity index (χ3n) is 5.30. The number of nitrogens with two attached hydrogens (primary N) is 1. The van der Waals surface area contributed by atoms with Crippen molar-refractivity contribution in [1.29, 1.82) is 0 Å². The van der Waals surface area contributed by atoms with Crippen LogP contribution in [0.2, 0.25) is 0 Å². The summed E-state index contributed by atoms with van der Waals surface area (Å²) in [5, 5.41) is 3.12. The van der Waals surface area contributed by atoms with Crippen molar-refractivity contribution < 1.29 is 9.59 Å². The van der Waals surface area contributed by atoms with Gasteiger partial charge in [0.15, 0.2) is 0 Å². The number of piperidine rings is 1. The smallest absolute Gasteiger partial charge is 0.227 e. The third-order valence-corrected chi connectivity index (χ3v) is 5.30. The lowest BCUT2D eigenvalue weighted by Crippen LogP contribution is -2.40. The Balaban J connectivity index is 1.65. The van der Waals surface area contributed by atoms with E-state index in [4.69, 9.17) is 5.73 Å². The predicted molar refractivity (Wildman–Crippen MR) is 94.2 cm³/mol. The van der Waals surface area contributed by atoms with Crippen LogP contribution in [-0.4, -0.2) is 29.8 Å². The molecule has 24 heavy (non-hydrogen) atoms. The molecule has 1 aromatic rings. The first kappa shape index (κ1) is 17.0. The van der Waals surface area contributed by atoms with E-state index in [1.54, 1.807) is 0 Å². The monoisotopic (exact) mass is 329 g/mol. The Morgan fingerprint density at radius 1 is 1.08 bits per heavy atom. The highest BCUT2D eigenvalue weighted by Gasteiger charge is 2.25. The molecule has 3 rings (SSSR count). The number of hydrogen-bond acceptors (Lipinski definition) is 3. The van der Waals surface area contributed by atoms with E-state index in [0.29, 0.717) is 6.54 Å². The van der Waals surface area contributed by atoms with E-state index in [0.717, 1.165) is 62.9 Å². The largest absolute Gasteiger partial charge is 0.369 e. The molecule has 0 bridgehead atoms. The number of amides is 2. The summed E-state index contributed by atoms with van der Waals surface area (Å²) in [7, 11) is 0. The number of para-hydroxylation sites is 1. The maximum Gasteiger partial charge on any atom is 0.227 e. The Morgan fingerprint density at radius 3 is 2.54 bits per heavy atom. The number of carbonyl (C=O) groups excluding carboxylic acids is 2. The van der Waals surface area contributed by atoms with Gasteiger partial charge >= 0.3 is 0 Å². The van der Waals surface area contributed by atoms with Crippen LogP contribution in [-0.2, 0) is 16.1 Å². The summed E-state index contributed by atoms with van der Waals surface area (Å²) < 4.78 is 0. The van der Waals surface area contributed by atoms with Crippen LogP contribution in [0.15, 0.2) is 24.3 Å². The van der Waals surface area contributed by atoms with Crippen LogP contribution in [0.25, 0.3) is 0 Å². The van der Waals surface area contributed by atoms with Crippen molar-refractivity contribution in [2.24, 2.45) is 17.6 Å². The van der Waals surface area contributed by atoms with Crippen molar-refractivity contribution in [3.8, 4) is 0 Å². The van der Waals surface area contributed by atoms with E-state index >= 15 is 0 Å². The van der Waals surface area contributed by atoms with Gasteiger partial charge < -0.3 is 11.1 Å². The van der Waals surface area contributed by atoms with Crippen molar-refractivity contribution >= 4 is 17.5 Å². The predicted octanol–water partition coefficient (Wildman–Crippen LogP) is 2.51. The standard InChI is InChI=1S/C19H27N3O2/c20-18(23)16-9-5-11-22(13-16)12-15-8-3-4-10-17(15)21-19(24)14-6-1-2-7-14/h3-4,8,10,14,16H,1-2,5-7,9,11-13H2,(H2,20,23)(H,21,24)/t16-/m0/s1. The highest BCUT2D eigenvalue weighted by molar-refractivity contribution is 5.93. The van der Waals surface area contributed by atoms with E-state index in [9.17, 15) is 9.59 Å². The SMILES string of the molecule is NC(=O)[C@H]1CCCN(Cc2ccccc2NC(=O)C2CCCC2)C1. The van der Waals surface area contributed by atoms with Gasteiger partial charge in [-0.05, 0) is 43.9 Å². The first-order valence-corrected chi connectivity index (χ1v) is 9.04. The number of likely N-dealkylation sites (tertiary alicyclic amines) is 1. The van der Waals surface area contributed by atoms with Crippen molar-refractivity contribution in [3.05, 3.63) is 29.8 Å². The van der Waals surface area contributed by atoms with E-state index in [1.165, 1.54) is 0 Å². The van der Waals surface area contributed by atoms with Gasteiger partial charge in [-0.3, -0.25) is 14.5 Å². The molecule has 1 aromatic carbocycles. The Morgan fingerprint density at radius 2 is 1.79 bits per heavy atom. The Hall–Kier alpha value is -1.88. The maximum atomic E-state index is 12.4. The van der Waals surface area contributed by atoms with E-state index in [-0.39, 0.29) is 23.7 Å². The first-order chi connectivity index (χ1) is 11.6. The summed E-state index contributed by atoms with van der Waals surface area (Å²) >= 11 is 0. The number of carbonyl (C=O) groups is 2. The minimum Gasteiger partial charge on any atom is -0.369 e. The molecule has 2 aliphatic rings. The van der Waals surface area contributed by atoms with E-state index in [1.807, 2.05) is 18.2 Å². The molecule has 0 spiro atoms. The number of hydrogen-bond donors (Lipinski definition) is 2. The van der Waals surface area contributed by atoms with Crippen LogP contribution in [0.3, 0.4) is 0 Å². The quantitative estimate of drug-likeness (QED) is 0.871. The topological polar surface area (TPSA) is 75.4 Å². The van der Waals surface area contributed by atoms with Crippen molar-refractivity contribution in [3.63, 3.8) is 0 Å². The summed E-state index contributed by atoms with van der Waals surface area (Å²) in [5.41, 5.74) is 7.47. The van der Waals surface area contributed by atoms with Gasteiger partial charge in [0.1, 0.15) is 0 Å². The fraction of sp³-hybridized carbons (Fsp3) is 0.579. The van der Waals surface area contributed by atoms with Gasteiger partial charge in [-0.1, -0.05) is 31.0 Å². The lowest BCUT2D eigenvalue weighted by molar-refractivity contribution is -0.123. The van der Waals surface area contributed by atoms with E-state index < -0.39 is 0 Å². The lowest BCUT2D eigenvalue weighted by atomic mass is 9.97. The molecule has 130 valence electrons. The van der Waals surface area contributed by atoms with Crippen LogP contribution >= 0.6 is 0 Å². The van der Waals surface area contributed by atoms with Crippen LogP contribution in [0.5, 0.6) is 0 Å². The molecule has 1 saturated carbocycles. The van der Waals surface area contributed by atoms with E-state index in [2.05, 4.69) is 16.3 Å². The zero-order chi connectivity index (χ0) is 16.9. The Labute approximate surface area is 143 Å². The van der Waals surface area contributed by atoms with Gasteiger partial charge in [0.05, 0.1) is 5.92 Å². The summed E-state index contributed by atoms with van der Waals surface area (Å²) in [6.45, 7) is 2.42. The molecule has 2 fully saturated rings. The van der Waals surface area contributed by atoms with Gasteiger partial charge in [-0.15, -0.1) is 0 Å². The minimum absolute atomic E-state index is 0.0565. The normalized spacial score (nSPS) is 22.4. The highest BCUT2D eigenvalue weighted by atomic mass is 16.2. The van der Waals surface area contributed by atoms with Gasteiger partial charge in [0.2, 0.25) is 11.8 Å². The molecular formula is C19H27N3O2. The van der Waals surface area contributed by atoms with Crippen molar-refractivity contribution in [2.45, 2.75) is 45.1 Å². The zero-order valence-electron chi connectivity index (χ0n) is 14.2. The van der Waals surface area contributed by atoms with Gasteiger partial charge in [-0.25, -0.2) is 0 Å². The Kier molecular flexibility index (Phi) is 5.51. The zero-order valence-corrected chi connectivity index (χ0v) is 14.2. The van der Waals surface area contributed by atoms with Crippen LogP contribution in [0.4, 0.5) is 5.69 Å². The number of primary amides is 1. The van der Waals surface area contributed by atoms with Crippen LogP contribution in [0, 0.1) is 11.8 Å². The molecule has 3 N–H and O–H groups in total. The van der Waals surface area contributed by atoms with Gasteiger partial charge in [0.25, 0.3) is 0 Å². The molecule has 1 saturated heterocycles. The molecule has 0 aromatic heterocycles. The molecule has 0 radical (unpaired) electrons. The summed E-state index contributed by atoms with van der Waals surface area (Å²) in [6, 6.07) is 7.97. The minimum atomic E-state index is -0.206.